The molecule has 1 N–H and O–H groups in total. The number of anilines is 1. The number of nitro benzene ring substituents is 1. The van der Waals surface area contributed by atoms with Crippen LogP contribution in [0.15, 0.2) is 41.1 Å². The van der Waals surface area contributed by atoms with E-state index in [1.165, 1.54) is 24.4 Å². The Morgan fingerprint density at radius 2 is 2.10 bits per heavy atom. The van der Waals surface area contributed by atoms with Crippen LogP contribution in [0.4, 0.5) is 11.4 Å². The van der Waals surface area contributed by atoms with Gasteiger partial charge < -0.3 is 5.32 Å². The molecule has 1 aromatic heterocycles. The summed E-state index contributed by atoms with van der Waals surface area (Å²) in [6, 6.07) is 7.00. The number of carbonyl (C=O) groups excluding carboxylic acids is 1. The van der Waals surface area contributed by atoms with Crippen LogP contribution in [-0.4, -0.2) is 15.8 Å². The monoisotopic (exact) mass is 355 g/mol. The molecule has 0 aliphatic rings. The SMILES string of the molecule is O=C(Nc1cc([N+](=O)[O-])ccc1Cl)c1ccc(Br)nc1. The van der Waals surface area contributed by atoms with Gasteiger partial charge in [-0.1, -0.05) is 11.6 Å². The molecule has 0 spiro atoms. The highest BCUT2D eigenvalue weighted by Crippen LogP contribution is 2.27. The van der Waals surface area contributed by atoms with Crippen molar-refractivity contribution < 1.29 is 9.72 Å². The van der Waals surface area contributed by atoms with Gasteiger partial charge in [-0.25, -0.2) is 4.98 Å². The summed E-state index contributed by atoms with van der Waals surface area (Å²) in [6.07, 6.45) is 1.38. The Hall–Kier alpha value is -1.99. The van der Waals surface area contributed by atoms with Crippen LogP contribution in [-0.2, 0) is 0 Å². The highest BCUT2D eigenvalue weighted by molar-refractivity contribution is 9.10. The van der Waals surface area contributed by atoms with Gasteiger partial charge >= 0.3 is 0 Å². The Morgan fingerprint density at radius 1 is 1.35 bits per heavy atom. The third kappa shape index (κ3) is 3.31. The Morgan fingerprint density at radius 3 is 2.70 bits per heavy atom. The van der Waals surface area contributed by atoms with Gasteiger partial charge in [0.05, 0.1) is 21.2 Å². The Balaban J connectivity index is 2.25. The second-order valence-electron chi connectivity index (χ2n) is 3.74. The van der Waals surface area contributed by atoms with Gasteiger partial charge in [0.2, 0.25) is 0 Å². The molecule has 0 saturated heterocycles. The minimum absolute atomic E-state index is 0.154. The van der Waals surface area contributed by atoms with Crippen LogP contribution in [0, 0.1) is 10.1 Å². The Labute approximate surface area is 127 Å². The summed E-state index contributed by atoms with van der Waals surface area (Å²) in [5.74, 6) is -0.451. The molecular weight excluding hydrogens is 350 g/mol. The fourth-order valence-corrected chi connectivity index (χ4v) is 1.83. The van der Waals surface area contributed by atoms with Crippen molar-refractivity contribution >= 4 is 44.8 Å². The lowest BCUT2D eigenvalue weighted by atomic mass is 10.2. The molecule has 0 saturated carbocycles. The normalized spacial score (nSPS) is 10.1. The molecule has 0 aliphatic carbocycles. The molecule has 2 aromatic rings. The van der Waals surface area contributed by atoms with Crippen molar-refractivity contribution in [1.29, 1.82) is 0 Å². The quantitative estimate of drug-likeness (QED) is 0.516. The summed E-state index contributed by atoms with van der Waals surface area (Å²) < 4.78 is 0.599. The molecule has 20 heavy (non-hydrogen) atoms. The third-order valence-electron chi connectivity index (χ3n) is 2.40. The molecule has 1 amide bonds. The van der Waals surface area contributed by atoms with Gasteiger partial charge in [0, 0.05) is 18.3 Å². The fraction of sp³-hybridized carbons (Fsp3) is 0. The first-order valence-corrected chi connectivity index (χ1v) is 6.51. The van der Waals surface area contributed by atoms with Crippen LogP contribution < -0.4 is 5.32 Å². The highest BCUT2D eigenvalue weighted by Gasteiger charge is 2.13. The van der Waals surface area contributed by atoms with Gasteiger partial charge in [0.25, 0.3) is 11.6 Å². The minimum Gasteiger partial charge on any atom is -0.320 e. The molecule has 1 aromatic carbocycles. The second-order valence-corrected chi connectivity index (χ2v) is 4.96. The smallest absolute Gasteiger partial charge is 0.271 e. The van der Waals surface area contributed by atoms with Crippen molar-refractivity contribution in [3.05, 3.63) is 61.8 Å². The number of hydrogen-bond acceptors (Lipinski definition) is 4. The molecule has 0 radical (unpaired) electrons. The van der Waals surface area contributed by atoms with Gasteiger partial charge in [0.15, 0.2) is 0 Å². The first kappa shape index (κ1) is 14.4. The average molecular weight is 357 g/mol. The predicted octanol–water partition coefficient (Wildman–Crippen LogP) is 3.66. The molecule has 0 atom stereocenters. The van der Waals surface area contributed by atoms with E-state index < -0.39 is 10.8 Å². The van der Waals surface area contributed by atoms with Crippen molar-refractivity contribution in [2.24, 2.45) is 0 Å². The van der Waals surface area contributed by atoms with Gasteiger partial charge in [-0.3, -0.25) is 14.9 Å². The maximum Gasteiger partial charge on any atom is 0.271 e. The van der Waals surface area contributed by atoms with Gasteiger partial charge in [0.1, 0.15) is 4.60 Å². The fourth-order valence-electron chi connectivity index (χ4n) is 1.43. The lowest BCUT2D eigenvalue weighted by molar-refractivity contribution is -0.384. The van der Waals surface area contributed by atoms with E-state index in [2.05, 4.69) is 26.2 Å². The lowest BCUT2D eigenvalue weighted by Crippen LogP contribution is -2.12. The van der Waals surface area contributed by atoms with E-state index in [0.29, 0.717) is 10.2 Å². The molecular formula is C12H7BrClN3O3. The van der Waals surface area contributed by atoms with E-state index in [9.17, 15) is 14.9 Å². The number of nitrogens with one attached hydrogen (secondary N) is 1. The van der Waals surface area contributed by atoms with Gasteiger partial charge in [-0.2, -0.15) is 0 Å². The van der Waals surface area contributed by atoms with Crippen molar-refractivity contribution in [3.63, 3.8) is 0 Å². The average Bonchev–Trinajstić information content (AvgIpc) is 2.41. The molecule has 1 heterocycles. The van der Waals surface area contributed by atoms with Crippen molar-refractivity contribution in [3.8, 4) is 0 Å². The van der Waals surface area contributed by atoms with Crippen LogP contribution in [0.1, 0.15) is 10.4 Å². The standard InChI is InChI=1S/C12H7BrClN3O3/c13-11-4-1-7(6-15-11)12(18)16-10-5-8(17(19)20)2-3-9(10)14/h1-6H,(H,16,18). The summed E-state index contributed by atoms with van der Waals surface area (Å²) in [6.45, 7) is 0. The van der Waals surface area contributed by atoms with Crippen LogP contribution in [0.5, 0.6) is 0 Å². The summed E-state index contributed by atoms with van der Waals surface area (Å²) in [5.41, 5.74) is 0.336. The lowest BCUT2D eigenvalue weighted by Gasteiger charge is -2.07. The van der Waals surface area contributed by atoms with Crippen molar-refractivity contribution in [2.45, 2.75) is 0 Å². The zero-order valence-electron chi connectivity index (χ0n) is 9.84. The first-order valence-electron chi connectivity index (χ1n) is 5.34. The van der Waals surface area contributed by atoms with Crippen LogP contribution in [0.3, 0.4) is 0 Å². The van der Waals surface area contributed by atoms with E-state index in [-0.39, 0.29) is 16.4 Å². The van der Waals surface area contributed by atoms with Crippen LogP contribution >= 0.6 is 27.5 Å². The van der Waals surface area contributed by atoms with E-state index >= 15 is 0 Å². The number of benzene rings is 1. The number of pyridine rings is 1. The number of aromatic nitrogens is 1. The van der Waals surface area contributed by atoms with E-state index in [0.717, 1.165) is 0 Å². The van der Waals surface area contributed by atoms with Gasteiger partial charge in [-0.15, -0.1) is 0 Å². The second kappa shape index (κ2) is 5.98. The van der Waals surface area contributed by atoms with Crippen molar-refractivity contribution in [1.82, 2.24) is 4.98 Å². The van der Waals surface area contributed by atoms with E-state index in [4.69, 9.17) is 11.6 Å². The first-order chi connectivity index (χ1) is 9.47. The number of non-ortho nitro benzene ring substituents is 1. The van der Waals surface area contributed by atoms with E-state index in [1.54, 1.807) is 12.1 Å². The molecule has 6 nitrogen and oxygen atoms in total. The third-order valence-corrected chi connectivity index (χ3v) is 3.20. The molecule has 0 fully saturated rings. The molecule has 102 valence electrons. The zero-order valence-corrected chi connectivity index (χ0v) is 12.2. The summed E-state index contributed by atoms with van der Waals surface area (Å²) >= 11 is 9.06. The van der Waals surface area contributed by atoms with Gasteiger partial charge in [-0.05, 0) is 34.1 Å². The largest absolute Gasteiger partial charge is 0.320 e. The molecule has 2 rings (SSSR count). The van der Waals surface area contributed by atoms with Crippen LogP contribution in [0.25, 0.3) is 0 Å². The van der Waals surface area contributed by atoms with Crippen LogP contribution in [0.2, 0.25) is 5.02 Å². The number of hydrogen-bond donors (Lipinski definition) is 1. The number of nitro groups is 1. The zero-order chi connectivity index (χ0) is 14.7. The topological polar surface area (TPSA) is 85.1 Å². The Bertz CT molecular complexity index is 676. The number of amides is 1. The van der Waals surface area contributed by atoms with E-state index in [1.807, 2.05) is 0 Å². The number of carbonyl (C=O) groups is 1. The number of rotatable bonds is 3. The number of nitrogens with zero attached hydrogens (tertiary/aromatic N) is 2. The summed E-state index contributed by atoms with van der Waals surface area (Å²) in [4.78, 5) is 26.0. The molecule has 8 heteroatoms. The molecule has 0 aliphatic heterocycles. The minimum atomic E-state index is -0.562. The summed E-state index contributed by atoms with van der Waals surface area (Å²) in [7, 11) is 0. The highest BCUT2D eigenvalue weighted by atomic mass is 79.9. The van der Waals surface area contributed by atoms with Crippen molar-refractivity contribution in [2.75, 3.05) is 5.32 Å². The number of halogens is 2. The molecule has 0 bridgehead atoms. The molecule has 0 unspecified atom stereocenters. The predicted molar refractivity (Wildman–Crippen MR) is 78.0 cm³/mol. The summed E-state index contributed by atoms with van der Waals surface area (Å²) in [5, 5.41) is 13.4. The Kier molecular flexibility index (Phi) is 4.31. The maximum atomic E-state index is 12.0. The maximum absolute atomic E-state index is 12.0.